The molecule has 2 aromatic rings. The number of nitrogens with zero attached hydrogens (tertiary/aromatic N) is 1. The largest absolute Gasteiger partial charge is 0.459 e. The Kier molecular flexibility index (Phi) is 5.35. The van der Waals surface area contributed by atoms with Crippen LogP contribution in [0.1, 0.15) is 6.92 Å². The number of thioether (sulfide) groups is 1. The SMILES string of the molecule is CCOC(=O)C(=O)Nc1sc(SC)nc1-c1ccccc1. The number of benzene rings is 1. The van der Waals surface area contributed by atoms with Crippen molar-refractivity contribution in [3.63, 3.8) is 0 Å². The molecule has 1 N–H and O–H groups in total. The number of aromatic nitrogens is 1. The molecule has 0 bridgehead atoms. The molecule has 0 fully saturated rings. The number of thiazole rings is 1. The molecular weight excluding hydrogens is 308 g/mol. The first kappa shape index (κ1) is 15.5. The summed E-state index contributed by atoms with van der Waals surface area (Å²) in [5.74, 6) is -1.68. The topological polar surface area (TPSA) is 68.3 Å². The van der Waals surface area contributed by atoms with Crippen LogP contribution in [-0.2, 0) is 14.3 Å². The number of hydrogen-bond acceptors (Lipinski definition) is 6. The van der Waals surface area contributed by atoms with Gasteiger partial charge in [-0.2, -0.15) is 0 Å². The summed E-state index contributed by atoms with van der Waals surface area (Å²) in [5.41, 5.74) is 1.54. The summed E-state index contributed by atoms with van der Waals surface area (Å²) in [6.45, 7) is 1.82. The molecule has 5 nitrogen and oxygen atoms in total. The Morgan fingerprint density at radius 3 is 2.67 bits per heavy atom. The quantitative estimate of drug-likeness (QED) is 0.532. The molecule has 7 heteroatoms. The predicted molar refractivity (Wildman–Crippen MR) is 84.6 cm³/mol. The average Bonchev–Trinajstić information content (AvgIpc) is 2.91. The predicted octanol–water partition coefficient (Wildman–Crippen LogP) is 3.03. The van der Waals surface area contributed by atoms with Crippen molar-refractivity contribution in [1.82, 2.24) is 4.98 Å². The van der Waals surface area contributed by atoms with Gasteiger partial charge < -0.3 is 10.1 Å². The third-order valence-corrected chi connectivity index (χ3v) is 4.47. The van der Waals surface area contributed by atoms with Gasteiger partial charge in [-0.15, -0.1) is 0 Å². The highest BCUT2D eigenvalue weighted by atomic mass is 32.2. The van der Waals surface area contributed by atoms with Gasteiger partial charge in [0.1, 0.15) is 10.7 Å². The van der Waals surface area contributed by atoms with Crippen LogP contribution in [0, 0.1) is 0 Å². The number of anilines is 1. The van der Waals surface area contributed by atoms with E-state index in [1.54, 1.807) is 6.92 Å². The molecule has 0 aliphatic carbocycles. The summed E-state index contributed by atoms with van der Waals surface area (Å²) >= 11 is 2.81. The van der Waals surface area contributed by atoms with Crippen LogP contribution < -0.4 is 5.32 Å². The van der Waals surface area contributed by atoms with Crippen molar-refractivity contribution in [3.8, 4) is 11.3 Å². The van der Waals surface area contributed by atoms with Gasteiger partial charge in [0.2, 0.25) is 0 Å². The number of carbonyl (C=O) groups excluding carboxylic acids is 2. The first-order valence-corrected chi connectivity index (χ1v) is 8.28. The van der Waals surface area contributed by atoms with Crippen LogP contribution in [0.2, 0.25) is 0 Å². The molecule has 0 atom stereocenters. The van der Waals surface area contributed by atoms with Gasteiger partial charge in [-0.05, 0) is 13.2 Å². The molecule has 1 aromatic carbocycles. The van der Waals surface area contributed by atoms with Gasteiger partial charge in [-0.25, -0.2) is 9.78 Å². The Labute approximate surface area is 130 Å². The van der Waals surface area contributed by atoms with Crippen LogP contribution in [-0.4, -0.2) is 29.7 Å². The third-order valence-electron chi connectivity index (χ3n) is 2.52. The fourth-order valence-electron chi connectivity index (χ4n) is 1.62. The molecule has 0 aliphatic rings. The molecule has 0 spiro atoms. The van der Waals surface area contributed by atoms with E-state index in [0.29, 0.717) is 10.7 Å². The van der Waals surface area contributed by atoms with Crippen molar-refractivity contribution < 1.29 is 14.3 Å². The second-order valence-corrected chi connectivity index (χ2v) is 5.95. The maximum Gasteiger partial charge on any atom is 0.397 e. The van der Waals surface area contributed by atoms with Gasteiger partial charge in [-0.1, -0.05) is 53.4 Å². The fraction of sp³-hybridized carbons (Fsp3) is 0.214. The zero-order chi connectivity index (χ0) is 15.2. The van der Waals surface area contributed by atoms with Crippen LogP contribution in [0.5, 0.6) is 0 Å². The summed E-state index contributed by atoms with van der Waals surface area (Å²) in [7, 11) is 0. The van der Waals surface area contributed by atoms with Gasteiger partial charge in [0, 0.05) is 5.56 Å². The highest BCUT2D eigenvalue weighted by molar-refractivity contribution is 8.00. The van der Waals surface area contributed by atoms with Crippen LogP contribution in [0.3, 0.4) is 0 Å². The molecule has 0 unspecified atom stereocenters. The lowest BCUT2D eigenvalue weighted by Crippen LogP contribution is -2.24. The van der Waals surface area contributed by atoms with Crippen LogP contribution in [0.25, 0.3) is 11.3 Å². The molecule has 0 saturated carbocycles. The number of rotatable bonds is 4. The Bertz CT molecular complexity index is 641. The molecule has 0 saturated heterocycles. The molecule has 1 amide bonds. The normalized spacial score (nSPS) is 10.2. The standard InChI is InChI=1S/C14H14N2O3S2/c1-3-19-13(18)11(17)16-12-10(15-14(20-2)21-12)9-7-5-4-6-8-9/h4-8H,3H2,1-2H3,(H,16,17). The van der Waals surface area contributed by atoms with E-state index < -0.39 is 11.9 Å². The lowest BCUT2D eigenvalue weighted by atomic mass is 10.2. The number of ether oxygens (including phenoxy) is 1. The van der Waals surface area contributed by atoms with E-state index in [1.807, 2.05) is 36.6 Å². The molecule has 21 heavy (non-hydrogen) atoms. The van der Waals surface area contributed by atoms with Gasteiger partial charge in [0.15, 0.2) is 4.34 Å². The van der Waals surface area contributed by atoms with E-state index in [9.17, 15) is 9.59 Å². The van der Waals surface area contributed by atoms with E-state index in [0.717, 1.165) is 9.90 Å². The smallest absolute Gasteiger partial charge is 0.397 e. The maximum absolute atomic E-state index is 11.8. The van der Waals surface area contributed by atoms with Crippen molar-refractivity contribution >= 4 is 40.0 Å². The van der Waals surface area contributed by atoms with Crippen molar-refractivity contribution in [3.05, 3.63) is 30.3 Å². The van der Waals surface area contributed by atoms with E-state index in [1.165, 1.54) is 23.1 Å². The van der Waals surface area contributed by atoms with Crippen molar-refractivity contribution in [2.24, 2.45) is 0 Å². The summed E-state index contributed by atoms with van der Waals surface area (Å²) in [6.07, 6.45) is 1.91. The summed E-state index contributed by atoms with van der Waals surface area (Å²) < 4.78 is 5.50. The molecule has 1 heterocycles. The summed E-state index contributed by atoms with van der Waals surface area (Å²) in [4.78, 5) is 27.7. The highest BCUT2D eigenvalue weighted by Crippen LogP contribution is 2.36. The third kappa shape index (κ3) is 3.83. The van der Waals surface area contributed by atoms with Gasteiger partial charge in [-0.3, -0.25) is 4.79 Å². The van der Waals surface area contributed by atoms with Gasteiger partial charge >= 0.3 is 11.9 Å². The van der Waals surface area contributed by atoms with E-state index >= 15 is 0 Å². The average molecular weight is 322 g/mol. The van der Waals surface area contributed by atoms with E-state index in [2.05, 4.69) is 15.0 Å². The van der Waals surface area contributed by atoms with Crippen molar-refractivity contribution in [2.45, 2.75) is 11.3 Å². The number of nitrogens with one attached hydrogen (secondary N) is 1. The fourth-order valence-corrected chi connectivity index (χ4v) is 3.10. The lowest BCUT2D eigenvalue weighted by Gasteiger charge is -2.04. The van der Waals surface area contributed by atoms with Crippen molar-refractivity contribution in [2.75, 3.05) is 18.2 Å². The molecule has 0 radical (unpaired) electrons. The molecule has 2 rings (SSSR count). The number of hydrogen-bond donors (Lipinski definition) is 1. The number of carbonyl (C=O) groups is 2. The summed E-state index contributed by atoms with van der Waals surface area (Å²) in [5, 5.41) is 3.12. The van der Waals surface area contributed by atoms with Gasteiger partial charge in [0.05, 0.1) is 6.61 Å². The first-order valence-electron chi connectivity index (χ1n) is 6.24. The summed E-state index contributed by atoms with van der Waals surface area (Å²) in [6, 6.07) is 9.50. The van der Waals surface area contributed by atoms with Crippen LogP contribution >= 0.6 is 23.1 Å². The van der Waals surface area contributed by atoms with Crippen LogP contribution in [0.15, 0.2) is 34.7 Å². The minimum absolute atomic E-state index is 0.163. The Morgan fingerprint density at radius 2 is 2.05 bits per heavy atom. The van der Waals surface area contributed by atoms with Gasteiger partial charge in [0.25, 0.3) is 0 Å². The molecule has 1 aromatic heterocycles. The molecular formula is C14H14N2O3S2. The second-order valence-electron chi connectivity index (χ2n) is 3.90. The van der Waals surface area contributed by atoms with Crippen molar-refractivity contribution in [1.29, 1.82) is 0 Å². The molecule has 0 aliphatic heterocycles. The minimum atomic E-state index is -0.893. The molecule has 110 valence electrons. The second kappa shape index (κ2) is 7.24. The minimum Gasteiger partial charge on any atom is -0.459 e. The first-order chi connectivity index (χ1) is 10.2. The Balaban J connectivity index is 2.29. The zero-order valence-electron chi connectivity index (χ0n) is 11.6. The van der Waals surface area contributed by atoms with E-state index in [4.69, 9.17) is 0 Å². The van der Waals surface area contributed by atoms with Crippen LogP contribution in [0.4, 0.5) is 5.00 Å². The monoisotopic (exact) mass is 322 g/mol. The zero-order valence-corrected chi connectivity index (χ0v) is 13.2. The Hall–Kier alpha value is -1.86. The number of esters is 1. The van der Waals surface area contributed by atoms with E-state index in [-0.39, 0.29) is 6.61 Å². The lowest BCUT2D eigenvalue weighted by molar-refractivity contribution is -0.152. The Morgan fingerprint density at radius 1 is 1.33 bits per heavy atom. The maximum atomic E-state index is 11.8. The highest BCUT2D eigenvalue weighted by Gasteiger charge is 2.20. The number of amides is 1.